The second kappa shape index (κ2) is 5.06. The molecule has 0 spiro atoms. The third-order valence-electron chi connectivity index (χ3n) is 8.00. The smallest absolute Gasteiger partial charge is 0.0832 e. The molecule has 3 fully saturated rings. The van der Waals surface area contributed by atoms with Crippen molar-refractivity contribution in [3.8, 4) is 0 Å². The summed E-state index contributed by atoms with van der Waals surface area (Å²) in [6, 6.07) is 0. The Morgan fingerprint density at radius 2 is 1.83 bits per heavy atom. The molecule has 4 rings (SSSR count). The van der Waals surface area contributed by atoms with Crippen molar-refractivity contribution < 1.29 is 15.4 Å². The van der Waals surface area contributed by atoms with Crippen LogP contribution in [0.3, 0.4) is 0 Å². The van der Waals surface area contributed by atoms with Crippen LogP contribution in [0.5, 0.6) is 0 Å². The number of nitrogens with zero attached hydrogens (tertiary/aromatic N) is 1. The van der Waals surface area contributed by atoms with Gasteiger partial charge in [0.05, 0.1) is 17.9 Å². The van der Waals surface area contributed by atoms with Crippen molar-refractivity contribution in [2.24, 2.45) is 33.7 Å². The standard InChI is InChI=1S/C19H29NO3/c1-18-7-5-12(21)9-11(18)10-15(20-23)17-13-3-4-16(22)19(13,2)8-6-14(17)18/h10,12-14,16-17,21-23H,3-9H2,1-2H3/t12-,13-,14-,16-,17-,18-,19-/m0/s1. The Balaban J connectivity index is 1.79. The third kappa shape index (κ3) is 2.00. The van der Waals surface area contributed by atoms with E-state index in [4.69, 9.17) is 0 Å². The lowest BCUT2D eigenvalue weighted by Crippen LogP contribution is -2.54. The molecule has 0 saturated heterocycles. The molecule has 0 aromatic carbocycles. The lowest BCUT2D eigenvalue weighted by Gasteiger charge is -2.57. The van der Waals surface area contributed by atoms with Crippen LogP contribution in [0, 0.1) is 28.6 Å². The quantitative estimate of drug-likeness (QED) is 0.474. The Labute approximate surface area is 138 Å². The van der Waals surface area contributed by atoms with Gasteiger partial charge in [-0.1, -0.05) is 24.6 Å². The number of aliphatic hydroxyl groups excluding tert-OH is 2. The minimum absolute atomic E-state index is 0.0347. The highest BCUT2D eigenvalue weighted by molar-refractivity contribution is 5.99. The first-order valence-electron chi connectivity index (χ1n) is 9.19. The largest absolute Gasteiger partial charge is 0.411 e. The maximum Gasteiger partial charge on any atom is 0.0832 e. The van der Waals surface area contributed by atoms with Crippen molar-refractivity contribution in [3.63, 3.8) is 0 Å². The average molecular weight is 319 g/mol. The Morgan fingerprint density at radius 3 is 2.57 bits per heavy atom. The molecular weight excluding hydrogens is 290 g/mol. The van der Waals surface area contributed by atoms with Crippen LogP contribution in [0.15, 0.2) is 16.8 Å². The van der Waals surface area contributed by atoms with Crippen LogP contribution in [0.2, 0.25) is 0 Å². The molecule has 0 aliphatic heterocycles. The molecule has 0 bridgehead atoms. The number of aliphatic hydroxyl groups is 2. The molecule has 0 aromatic heterocycles. The molecule has 0 radical (unpaired) electrons. The minimum Gasteiger partial charge on any atom is -0.411 e. The van der Waals surface area contributed by atoms with E-state index in [1.165, 1.54) is 5.57 Å². The number of oxime groups is 1. The summed E-state index contributed by atoms with van der Waals surface area (Å²) in [5.41, 5.74) is 2.15. The van der Waals surface area contributed by atoms with Crippen LogP contribution in [0.25, 0.3) is 0 Å². The van der Waals surface area contributed by atoms with Gasteiger partial charge in [-0.15, -0.1) is 0 Å². The van der Waals surface area contributed by atoms with Crippen molar-refractivity contribution in [2.75, 3.05) is 0 Å². The first-order valence-corrected chi connectivity index (χ1v) is 9.19. The fraction of sp³-hybridized carbons (Fsp3) is 0.842. The van der Waals surface area contributed by atoms with Crippen LogP contribution in [0.1, 0.15) is 58.8 Å². The van der Waals surface area contributed by atoms with Crippen molar-refractivity contribution in [2.45, 2.75) is 71.0 Å². The minimum atomic E-state index is -0.257. The molecule has 4 nitrogen and oxygen atoms in total. The van der Waals surface area contributed by atoms with Crippen LogP contribution < -0.4 is 0 Å². The monoisotopic (exact) mass is 319 g/mol. The lowest BCUT2D eigenvalue weighted by molar-refractivity contribution is -0.0490. The van der Waals surface area contributed by atoms with E-state index in [0.717, 1.165) is 44.2 Å². The second-order valence-electron chi connectivity index (χ2n) is 8.88. The third-order valence-corrected chi connectivity index (χ3v) is 8.00. The molecule has 23 heavy (non-hydrogen) atoms. The van der Waals surface area contributed by atoms with Gasteiger partial charge in [-0.3, -0.25) is 0 Å². The van der Waals surface area contributed by atoms with E-state index in [2.05, 4.69) is 25.1 Å². The van der Waals surface area contributed by atoms with Gasteiger partial charge in [0.1, 0.15) is 0 Å². The van der Waals surface area contributed by atoms with Crippen molar-refractivity contribution in [1.29, 1.82) is 0 Å². The summed E-state index contributed by atoms with van der Waals surface area (Å²) in [7, 11) is 0. The molecule has 0 aromatic rings. The molecule has 7 atom stereocenters. The summed E-state index contributed by atoms with van der Waals surface area (Å²) in [6.45, 7) is 4.58. The number of allylic oxidation sites excluding steroid dienone is 1. The highest BCUT2D eigenvalue weighted by atomic mass is 16.4. The Morgan fingerprint density at radius 1 is 1.04 bits per heavy atom. The summed E-state index contributed by atoms with van der Waals surface area (Å²) in [5.74, 6) is 1.13. The first kappa shape index (κ1) is 15.6. The maximum atomic E-state index is 10.5. The van der Waals surface area contributed by atoms with Gasteiger partial charge >= 0.3 is 0 Å². The molecule has 0 amide bonds. The van der Waals surface area contributed by atoms with Crippen LogP contribution in [0.4, 0.5) is 0 Å². The number of hydrogen-bond donors (Lipinski definition) is 3. The molecule has 3 N–H and O–H groups in total. The Bertz CT molecular complexity index is 571. The van der Waals surface area contributed by atoms with Crippen LogP contribution >= 0.6 is 0 Å². The predicted molar refractivity (Wildman–Crippen MR) is 88.3 cm³/mol. The zero-order chi connectivity index (χ0) is 16.4. The second-order valence-corrected chi connectivity index (χ2v) is 8.88. The summed E-state index contributed by atoms with van der Waals surface area (Å²) >= 11 is 0. The zero-order valence-electron chi connectivity index (χ0n) is 14.2. The van der Waals surface area contributed by atoms with Gasteiger partial charge in [-0.25, -0.2) is 0 Å². The highest BCUT2D eigenvalue weighted by Gasteiger charge is 2.60. The fourth-order valence-corrected chi connectivity index (χ4v) is 6.47. The number of fused-ring (bicyclic) bond motifs is 5. The fourth-order valence-electron chi connectivity index (χ4n) is 6.47. The van der Waals surface area contributed by atoms with Crippen molar-refractivity contribution in [3.05, 3.63) is 11.6 Å². The van der Waals surface area contributed by atoms with Gasteiger partial charge in [0.15, 0.2) is 0 Å². The summed E-state index contributed by atoms with van der Waals surface area (Å²) in [6.07, 6.45) is 8.23. The zero-order valence-corrected chi connectivity index (χ0v) is 14.2. The summed E-state index contributed by atoms with van der Waals surface area (Å²) < 4.78 is 0. The Hall–Kier alpha value is -0.870. The molecule has 128 valence electrons. The number of rotatable bonds is 0. The molecule has 0 heterocycles. The number of hydrogen-bond acceptors (Lipinski definition) is 4. The predicted octanol–water partition coefficient (Wildman–Crippen LogP) is 3.11. The topological polar surface area (TPSA) is 73.1 Å². The van der Waals surface area contributed by atoms with E-state index >= 15 is 0 Å². The molecular formula is C19H29NO3. The normalized spacial score (nSPS) is 54.2. The van der Waals surface area contributed by atoms with E-state index in [-0.39, 0.29) is 29.0 Å². The van der Waals surface area contributed by atoms with E-state index in [9.17, 15) is 15.4 Å². The summed E-state index contributed by atoms with van der Waals surface area (Å²) in [4.78, 5) is 0. The highest BCUT2D eigenvalue weighted by Crippen LogP contribution is 2.64. The first-order chi connectivity index (χ1) is 10.9. The van der Waals surface area contributed by atoms with Gasteiger partial charge in [0, 0.05) is 5.92 Å². The van der Waals surface area contributed by atoms with Crippen molar-refractivity contribution >= 4 is 5.71 Å². The SMILES string of the molecule is C[C@]12CC[C@H]3[C@@H](C(=NO)C=C4C[C@@H](O)CC[C@@]43C)[C@@H]1CC[C@@H]2O. The molecule has 0 unspecified atom stereocenters. The van der Waals surface area contributed by atoms with Gasteiger partial charge in [-0.2, -0.15) is 0 Å². The van der Waals surface area contributed by atoms with Crippen LogP contribution in [-0.4, -0.2) is 33.3 Å². The van der Waals surface area contributed by atoms with E-state index < -0.39 is 0 Å². The molecule has 4 heteroatoms. The molecule has 4 aliphatic carbocycles. The molecule has 3 saturated carbocycles. The van der Waals surface area contributed by atoms with E-state index in [0.29, 0.717) is 18.3 Å². The van der Waals surface area contributed by atoms with Gasteiger partial charge in [0.2, 0.25) is 0 Å². The Kier molecular flexibility index (Phi) is 3.44. The summed E-state index contributed by atoms with van der Waals surface area (Å²) in [5, 5.41) is 33.9. The van der Waals surface area contributed by atoms with Gasteiger partial charge in [-0.05, 0) is 73.7 Å². The van der Waals surface area contributed by atoms with Crippen LogP contribution in [-0.2, 0) is 0 Å². The van der Waals surface area contributed by atoms with Gasteiger partial charge in [0.25, 0.3) is 0 Å². The van der Waals surface area contributed by atoms with Crippen molar-refractivity contribution in [1.82, 2.24) is 0 Å². The lowest BCUT2D eigenvalue weighted by atomic mass is 9.47. The van der Waals surface area contributed by atoms with E-state index in [1.54, 1.807) is 0 Å². The van der Waals surface area contributed by atoms with Gasteiger partial charge < -0.3 is 15.4 Å². The average Bonchev–Trinajstić information content (AvgIpc) is 2.83. The van der Waals surface area contributed by atoms with E-state index in [1.807, 2.05) is 0 Å². The maximum absolute atomic E-state index is 10.5. The molecule has 4 aliphatic rings.